The maximum absolute atomic E-state index is 13.4. The molecule has 1 aromatic carbocycles. The number of aromatic nitrogens is 2. The first-order valence-corrected chi connectivity index (χ1v) is 4.85. The van der Waals surface area contributed by atoms with Crippen LogP contribution in [0.4, 0.5) is 8.78 Å². The Kier molecular flexibility index (Phi) is 2.42. The lowest BCUT2D eigenvalue weighted by Crippen LogP contribution is -2.21. The average molecular weight is 226 g/mol. The van der Waals surface area contributed by atoms with E-state index in [1.807, 2.05) is 0 Å². The lowest BCUT2D eigenvalue weighted by atomic mass is 10.1. The molecule has 1 N–H and O–H groups in total. The Hall–Kier alpha value is -1.49. The summed E-state index contributed by atoms with van der Waals surface area (Å²) < 4.78 is 31.6. The van der Waals surface area contributed by atoms with Gasteiger partial charge in [-0.2, -0.15) is 0 Å². The molecular formula is C11H12F2N2O. The second kappa shape index (κ2) is 3.52. The molecule has 0 radical (unpaired) electrons. The molecule has 5 heteroatoms. The number of imidazole rings is 1. The number of hydrogen-bond acceptors (Lipinski definition) is 2. The molecule has 0 saturated heterocycles. The number of halogens is 2. The van der Waals surface area contributed by atoms with Crippen molar-refractivity contribution in [2.24, 2.45) is 0 Å². The molecule has 0 amide bonds. The van der Waals surface area contributed by atoms with Crippen LogP contribution in [0.25, 0.3) is 11.0 Å². The van der Waals surface area contributed by atoms with Crippen LogP contribution in [0.15, 0.2) is 12.1 Å². The fraction of sp³-hybridized carbons (Fsp3) is 0.364. The molecule has 0 atom stereocenters. The maximum atomic E-state index is 13.4. The van der Waals surface area contributed by atoms with E-state index >= 15 is 0 Å². The number of benzene rings is 1. The molecule has 0 fully saturated rings. The SMILES string of the molecule is COC(C)(C)c1nc2c(F)c(F)ccc2[nH]1. The van der Waals surface area contributed by atoms with E-state index in [1.165, 1.54) is 13.2 Å². The summed E-state index contributed by atoms with van der Waals surface area (Å²) in [6.07, 6.45) is 0. The van der Waals surface area contributed by atoms with E-state index in [4.69, 9.17) is 4.74 Å². The fourth-order valence-electron chi connectivity index (χ4n) is 1.40. The van der Waals surface area contributed by atoms with Crippen molar-refractivity contribution in [3.05, 3.63) is 29.6 Å². The number of H-pyrrole nitrogens is 1. The monoisotopic (exact) mass is 226 g/mol. The lowest BCUT2D eigenvalue weighted by molar-refractivity contribution is 0.0124. The van der Waals surface area contributed by atoms with Gasteiger partial charge in [0.1, 0.15) is 16.9 Å². The number of aromatic amines is 1. The van der Waals surface area contributed by atoms with Crippen LogP contribution in [0.2, 0.25) is 0 Å². The molecule has 86 valence electrons. The van der Waals surface area contributed by atoms with Gasteiger partial charge in [0, 0.05) is 7.11 Å². The second-order valence-corrected chi connectivity index (χ2v) is 4.06. The van der Waals surface area contributed by atoms with Gasteiger partial charge in [-0.05, 0) is 26.0 Å². The second-order valence-electron chi connectivity index (χ2n) is 4.06. The summed E-state index contributed by atoms with van der Waals surface area (Å²) in [5.74, 6) is -1.37. The molecule has 0 aliphatic rings. The summed E-state index contributed by atoms with van der Waals surface area (Å²) >= 11 is 0. The van der Waals surface area contributed by atoms with Gasteiger partial charge >= 0.3 is 0 Å². The quantitative estimate of drug-likeness (QED) is 0.854. The summed E-state index contributed by atoms with van der Waals surface area (Å²) in [5, 5.41) is 0. The standard InChI is InChI=1S/C11H12F2N2O/c1-11(2,16-3)10-14-7-5-4-6(12)8(13)9(7)15-10/h4-5H,1-3H3,(H,14,15). The Morgan fingerprint density at radius 3 is 2.62 bits per heavy atom. The summed E-state index contributed by atoms with van der Waals surface area (Å²) in [6.45, 7) is 3.58. The number of methoxy groups -OCH3 is 1. The van der Waals surface area contributed by atoms with Crippen LogP contribution in [0.1, 0.15) is 19.7 Å². The summed E-state index contributed by atoms with van der Waals surface area (Å²) in [6, 6.07) is 2.52. The van der Waals surface area contributed by atoms with Crippen molar-refractivity contribution < 1.29 is 13.5 Å². The van der Waals surface area contributed by atoms with Gasteiger partial charge in [-0.25, -0.2) is 13.8 Å². The molecular weight excluding hydrogens is 214 g/mol. The van der Waals surface area contributed by atoms with Crippen molar-refractivity contribution in [3.63, 3.8) is 0 Å². The first-order valence-electron chi connectivity index (χ1n) is 4.85. The minimum absolute atomic E-state index is 0.000116. The molecule has 2 rings (SSSR count). The Bertz CT molecular complexity index is 534. The van der Waals surface area contributed by atoms with E-state index in [0.717, 1.165) is 6.07 Å². The maximum Gasteiger partial charge on any atom is 0.186 e. The lowest BCUT2D eigenvalue weighted by Gasteiger charge is -2.19. The number of nitrogens with one attached hydrogen (secondary N) is 1. The first kappa shape index (κ1) is 11.0. The van der Waals surface area contributed by atoms with Crippen molar-refractivity contribution in [2.45, 2.75) is 19.4 Å². The summed E-state index contributed by atoms with van der Waals surface area (Å²) in [5.41, 5.74) is -0.207. The van der Waals surface area contributed by atoms with Crippen LogP contribution in [0, 0.1) is 11.6 Å². The molecule has 0 saturated carbocycles. The van der Waals surface area contributed by atoms with Crippen LogP contribution < -0.4 is 0 Å². The third-order valence-electron chi connectivity index (χ3n) is 2.63. The van der Waals surface area contributed by atoms with E-state index < -0.39 is 17.2 Å². The predicted molar refractivity (Wildman–Crippen MR) is 56.0 cm³/mol. The van der Waals surface area contributed by atoms with Crippen molar-refractivity contribution in [2.75, 3.05) is 7.11 Å². The van der Waals surface area contributed by atoms with Crippen LogP contribution >= 0.6 is 0 Å². The minimum Gasteiger partial charge on any atom is -0.371 e. The zero-order valence-corrected chi connectivity index (χ0v) is 9.27. The average Bonchev–Trinajstić information content (AvgIpc) is 2.69. The van der Waals surface area contributed by atoms with Crippen molar-refractivity contribution in [1.29, 1.82) is 0 Å². The third-order valence-corrected chi connectivity index (χ3v) is 2.63. The fourth-order valence-corrected chi connectivity index (χ4v) is 1.40. The molecule has 0 bridgehead atoms. The van der Waals surface area contributed by atoms with E-state index in [-0.39, 0.29) is 5.52 Å². The predicted octanol–water partition coefficient (Wildman–Crippen LogP) is 2.72. The number of ether oxygens (including phenoxy) is 1. The topological polar surface area (TPSA) is 37.9 Å². The molecule has 3 nitrogen and oxygen atoms in total. The molecule has 2 aromatic rings. The van der Waals surface area contributed by atoms with Gasteiger partial charge in [0.15, 0.2) is 11.6 Å². The van der Waals surface area contributed by atoms with Gasteiger partial charge in [0.25, 0.3) is 0 Å². The molecule has 0 unspecified atom stereocenters. The highest BCUT2D eigenvalue weighted by molar-refractivity contribution is 5.76. The highest BCUT2D eigenvalue weighted by Crippen LogP contribution is 2.25. The molecule has 1 aromatic heterocycles. The van der Waals surface area contributed by atoms with E-state index in [0.29, 0.717) is 11.3 Å². The van der Waals surface area contributed by atoms with E-state index in [2.05, 4.69) is 9.97 Å². The van der Waals surface area contributed by atoms with Crippen LogP contribution in [-0.2, 0) is 10.3 Å². The van der Waals surface area contributed by atoms with Gasteiger partial charge in [-0.3, -0.25) is 0 Å². The van der Waals surface area contributed by atoms with Gasteiger partial charge in [-0.1, -0.05) is 0 Å². The summed E-state index contributed by atoms with van der Waals surface area (Å²) in [4.78, 5) is 6.93. The van der Waals surface area contributed by atoms with Gasteiger partial charge in [0.2, 0.25) is 0 Å². The highest BCUT2D eigenvalue weighted by atomic mass is 19.2. The summed E-state index contributed by atoms with van der Waals surface area (Å²) in [7, 11) is 1.53. The molecule has 0 aliphatic carbocycles. The van der Waals surface area contributed by atoms with Gasteiger partial charge in [-0.15, -0.1) is 0 Å². The zero-order chi connectivity index (χ0) is 11.9. The Morgan fingerprint density at radius 1 is 1.31 bits per heavy atom. The van der Waals surface area contributed by atoms with Crippen molar-refractivity contribution >= 4 is 11.0 Å². The highest BCUT2D eigenvalue weighted by Gasteiger charge is 2.24. The molecule has 0 aliphatic heterocycles. The van der Waals surface area contributed by atoms with Gasteiger partial charge in [0.05, 0.1) is 5.52 Å². The zero-order valence-electron chi connectivity index (χ0n) is 9.27. The first-order chi connectivity index (χ1) is 7.45. The van der Waals surface area contributed by atoms with E-state index in [1.54, 1.807) is 13.8 Å². The van der Waals surface area contributed by atoms with E-state index in [9.17, 15) is 8.78 Å². The van der Waals surface area contributed by atoms with Crippen molar-refractivity contribution in [3.8, 4) is 0 Å². The van der Waals surface area contributed by atoms with Crippen LogP contribution in [0.5, 0.6) is 0 Å². The van der Waals surface area contributed by atoms with Crippen molar-refractivity contribution in [1.82, 2.24) is 9.97 Å². The number of fused-ring (bicyclic) bond motifs is 1. The molecule has 1 heterocycles. The number of hydrogen-bond donors (Lipinski definition) is 1. The molecule has 16 heavy (non-hydrogen) atoms. The smallest absolute Gasteiger partial charge is 0.186 e. The van der Waals surface area contributed by atoms with Crippen LogP contribution in [-0.4, -0.2) is 17.1 Å². The number of nitrogens with zero attached hydrogens (tertiary/aromatic N) is 1. The minimum atomic E-state index is -0.938. The Morgan fingerprint density at radius 2 is 2.00 bits per heavy atom. The Labute approximate surface area is 91.4 Å². The number of rotatable bonds is 2. The third kappa shape index (κ3) is 1.57. The van der Waals surface area contributed by atoms with Crippen LogP contribution in [0.3, 0.4) is 0 Å². The normalized spacial score (nSPS) is 12.3. The largest absolute Gasteiger partial charge is 0.371 e. The Balaban J connectivity index is 2.65. The van der Waals surface area contributed by atoms with Gasteiger partial charge < -0.3 is 9.72 Å². The molecule has 0 spiro atoms.